The normalized spacial score (nSPS) is 11.1. The first-order valence-corrected chi connectivity index (χ1v) is 10.2. The molecule has 0 saturated heterocycles. The van der Waals surface area contributed by atoms with Gasteiger partial charge in [-0.25, -0.2) is 4.98 Å². The lowest BCUT2D eigenvalue weighted by molar-refractivity contribution is 0.102. The highest BCUT2D eigenvalue weighted by Crippen LogP contribution is 2.31. The maximum Gasteiger partial charge on any atom is 0.259 e. The van der Waals surface area contributed by atoms with Gasteiger partial charge in [0.25, 0.3) is 11.6 Å². The zero-order chi connectivity index (χ0) is 19.7. The Labute approximate surface area is 167 Å². The number of pyridine rings is 1. The van der Waals surface area contributed by atoms with E-state index in [-0.39, 0.29) is 5.91 Å². The third kappa shape index (κ3) is 3.20. The average molecular weight is 391 g/mol. The molecule has 0 atom stereocenters. The largest absolute Gasteiger partial charge is 0.335 e. The predicted molar refractivity (Wildman–Crippen MR) is 113 cm³/mol. The third-order valence-electron chi connectivity index (χ3n) is 4.87. The van der Waals surface area contributed by atoms with E-state index >= 15 is 0 Å². The van der Waals surface area contributed by atoms with Crippen molar-refractivity contribution in [3.05, 3.63) is 64.2 Å². The quantitative estimate of drug-likeness (QED) is 0.478. The minimum Gasteiger partial charge on any atom is -0.335 e. The number of carbonyl (C=O) groups is 1. The summed E-state index contributed by atoms with van der Waals surface area (Å²) < 4.78 is 5.38. The van der Waals surface area contributed by atoms with E-state index in [4.69, 9.17) is 4.52 Å². The number of thiophene rings is 1. The van der Waals surface area contributed by atoms with Gasteiger partial charge < -0.3 is 9.84 Å². The van der Waals surface area contributed by atoms with Gasteiger partial charge in [0, 0.05) is 5.69 Å². The fourth-order valence-corrected chi connectivity index (χ4v) is 4.09. The molecule has 0 bridgehead atoms. The summed E-state index contributed by atoms with van der Waals surface area (Å²) >= 11 is 1.57. The summed E-state index contributed by atoms with van der Waals surface area (Å²) in [4.78, 5) is 18.9. The van der Waals surface area contributed by atoms with Gasteiger partial charge in [-0.15, -0.1) is 11.3 Å². The number of benzene rings is 1. The van der Waals surface area contributed by atoms with Gasteiger partial charge in [-0.1, -0.05) is 43.3 Å². The highest BCUT2D eigenvalue weighted by atomic mass is 32.1. The highest BCUT2D eigenvalue weighted by Gasteiger charge is 2.21. The number of fused-ring (bicyclic) bond motifs is 1. The minimum atomic E-state index is -0.174. The summed E-state index contributed by atoms with van der Waals surface area (Å²) in [7, 11) is 0. The van der Waals surface area contributed by atoms with Crippen molar-refractivity contribution in [2.45, 2.75) is 33.6 Å². The fourth-order valence-electron chi connectivity index (χ4n) is 3.41. The molecule has 5 nitrogen and oxygen atoms in total. The van der Waals surface area contributed by atoms with Crippen molar-refractivity contribution in [2.75, 3.05) is 5.32 Å². The van der Waals surface area contributed by atoms with Crippen molar-refractivity contribution in [1.82, 2.24) is 10.1 Å². The van der Waals surface area contributed by atoms with Crippen molar-refractivity contribution in [3.8, 4) is 10.6 Å². The molecule has 4 rings (SSSR count). The topological polar surface area (TPSA) is 68.0 Å². The smallest absolute Gasteiger partial charge is 0.259 e. The molecule has 0 saturated carbocycles. The third-order valence-corrected chi connectivity index (χ3v) is 5.77. The molecule has 142 valence electrons. The van der Waals surface area contributed by atoms with Crippen molar-refractivity contribution in [3.63, 3.8) is 0 Å². The first-order chi connectivity index (χ1) is 13.6. The van der Waals surface area contributed by atoms with Crippen LogP contribution in [0.5, 0.6) is 0 Å². The molecule has 3 aromatic heterocycles. The summed E-state index contributed by atoms with van der Waals surface area (Å²) in [6.07, 6.45) is 1.70. The van der Waals surface area contributed by atoms with Crippen LogP contribution in [0, 0.1) is 6.92 Å². The highest BCUT2D eigenvalue weighted by molar-refractivity contribution is 7.13. The summed E-state index contributed by atoms with van der Waals surface area (Å²) in [5, 5.41) is 9.81. The Hall–Kier alpha value is -2.99. The molecule has 6 heteroatoms. The van der Waals surface area contributed by atoms with E-state index in [1.54, 1.807) is 11.3 Å². The first kappa shape index (κ1) is 18.4. The van der Waals surface area contributed by atoms with Gasteiger partial charge in [-0.05, 0) is 48.4 Å². The van der Waals surface area contributed by atoms with Crippen molar-refractivity contribution in [2.24, 2.45) is 0 Å². The standard InChI is InChI=1S/C22H21N3O2S/c1-4-14-8-6-9-15(5-2)20(14)24-21(26)16-12-17(18-10-7-11-28-18)23-22-19(16)13(3)25-27-22/h6-12H,4-5H2,1-3H3,(H,24,26). The Balaban J connectivity index is 1.83. The predicted octanol–water partition coefficient (Wildman–Crippen LogP) is 5.64. The van der Waals surface area contributed by atoms with Crippen molar-refractivity contribution < 1.29 is 9.32 Å². The lowest BCUT2D eigenvalue weighted by atomic mass is 10.0. The molecule has 0 aliphatic carbocycles. The van der Waals surface area contributed by atoms with E-state index in [1.807, 2.05) is 36.6 Å². The van der Waals surface area contributed by atoms with E-state index < -0.39 is 0 Å². The summed E-state index contributed by atoms with van der Waals surface area (Å²) in [6.45, 7) is 6.01. The lowest BCUT2D eigenvalue weighted by Gasteiger charge is -2.15. The number of nitrogens with zero attached hydrogens (tertiary/aromatic N) is 2. The van der Waals surface area contributed by atoms with Gasteiger partial charge in [0.1, 0.15) is 0 Å². The molecule has 4 aromatic rings. The maximum atomic E-state index is 13.3. The SMILES string of the molecule is CCc1cccc(CC)c1NC(=O)c1cc(-c2cccs2)nc2onc(C)c12. The van der Waals surface area contributed by atoms with Crippen LogP contribution in [0.4, 0.5) is 5.69 Å². The van der Waals surface area contributed by atoms with Gasteiger partial charge in [0.15, 0.2) is 0 Å². The zero-order valence-corrected chi connectivity index (χ0v) is 16.9. The number of rotatable bonds is 5. The van der Waals surface area contributed by atoms with Crippen LogP contribution in [-0.4, -0.2) is 16.0 Å². The minimum absolute atomic E-state index is 0.174. The van der Waals surface area contributed by atoms with E-state index in [0.717, 1.165) is 34.5 Å². The second-order valence-corrected chi connectivity index (χ2v) is 7.54. The van der Waals surface area contributed by atoms with Crippen LogP contribution in [0.2, 0.25) is 0 Å². The number of para-hydroxylation sites is 1. The average Bonchev–Trinajstić information content (AvgIpc) is 3.38. The van der Waals surface area contributed by atoms with Crippen LogP contribution < -0.4 is 5.32 Å². The van der Waals surface area contributed by atoms with Gasteiger partial charge in [0.2, 0.25) is 0 Å². The Morgan fingerprint density at radius 3 is 2.54 bits per heavy atom. The Morgan fingerprint density at radius 2 is 1.89 bits per heavy atom. The van der Waals surface area contributed by atoms with Gasteiger partial charge in [-0.2, -0.15) is 0 Å². The van der Waals surface area contributed by atoms with E-state index in [9.17, 15) is 4.79 Å². The number of nitrogens with one attached hydrogen (secondary N) is 1. The number of aryl methyl sites for hydroxylation is 3. The molecule has 0 fully saturated rings. The maximum absolute atomic E-state index is 13.3. The number of hydrogen-bond acceptors (Lipinski definition) is 5. The molecular weight excluding hydrogens is 370 g/mol. The Morgan fingerprint density at radius 1 is 1.14 bits per heavy atom. The van der Waals surface area contributed by atoms with Crippen molar-refractivity contribution in [1.29, 1.82) is 0 Å². The van der Waals surface area contributed by atoms with Crippen LogP contribution in [0.25, 0.3) is 21.7 Å². The van der Waals surface area contributed by atoms with Crippen LogP contribution in [0.3, 0.4) is 0 Å². The number of carbonyl (C=O) groups excluding carboxylic acids is 1. The molecule has 0 radical (unpaired) electrons. The van der Waals surface area contributed by atoms with E-state index in [0.29, 0.717) is 28.1 Å². The number of aromatic nitrogens is 2. The molecule has 1 N–H and O–H groups in total. The number of amides is 1. The van der Waals surface area contributed by atoms with Crippen LogP contribution in [-0.2, 0) is 12.8 Å². The number of anilines is 1. The molecule has 0 aliphatic heterocycles. The summed E-state index contributed by atoms with van der Waals surface area (Å²) in [5.74, 6) is -0.174. The first-order valence-electron chi connectivity index (χ1n) is 9.35. The second-order valence-electron chi connectivity index (χ2n) is 6.59. The summed E-state index contributed by atoms with van der Waals surface area (Å²) in [6, 6.07) is 11.9. The van der Waals surface area contributed by atoms with Crippen molar-refractivity contribution >= 4 is 34.0 Å². The monoisotopic (exact) mass is 391 g/mol. The number of hydrogen-bond donors (Lipinski definition) is 1. The molecule has 28 heavy (non-hydrogen) atoms. The molecule has 3 heterocycles. The molecular formula is C22H21N3O2S. The molecule has 1 amide bonds. The Bertz CT molecular complexity index is 1120. The van der Waals surface area contributed by atoms with E-state index in [1.165, 1.54) is 0 Å². The fraction of sp³-hybridized carbons (Fsp3) is 0.227. The van der Waals surface area contributed by atoms with Crippen LogP contribution >= 0.6 is 11.3 Å². The second kappa shape index (κ2) is 7.56. The van der Waals surface area contributed by atoms with Crippen LogP contribution in [0.15, 0.2) is 46.3 Å². The van der Waals surface area contributed by atoms with Crippen LogP contribution in [0.1, 0.15) is 41.0 Å². The van der Waals surface area contributed by atoms with Gasteiger partial charge in [-0.3, -0.25) is 4.79 Å². The molecule has 1 aromatic carbocycles. The molecule has 0 unspecified atom stereocenters. The molecule has 0 spiro atoms. The Kier molecular flexibility index (Phi) is 4.96. The van der Waals surface area contributed by atoms with Gasteiger partial charge in [0.05, 0.1) is 27.2 Å². The van der Waals surface area contributed by atoms with Gasteiger partial charge >= 0.3 is 0 Å². The summed E-state index contributed by atoms with van der Waals surface area (Å²) in [5.41, 5.74) is 5.42. The lowest BCUT2D eigenvalue weighted by Crippen LogP contribution is -2.16. The zero-order valence-electron chi connectivity index (χ0n) is 16.1. The van der Waals surface area contributed by atoms with E-state index in [2.05, 4.69) is 41.4 Å². The molecule has 0 aliphatic rings.